The lowest BCUT2D eigenvalue weighted by Crippen LogP contribution is -2.00. The molecule has 2 rings (SSSR count). The van der Waals surface area contributed by atoms with Crippen molar-refractivity contribution in [1.29, 1.82) is 0 Å². The molecule has 0 saturated heterocycles. The minimum atomic E-state index is -0.588. The fourth-order valence-corrected chi connectivity index (χ4v) is 1.52. The van der Waals surface area contributed by atoms with E-state index < -0.39 is 4.92 Å². The molecule has 0 aliphatic heterocycles. The number of nitro groups is 1. The number of nitrogens with zero attached hydrogens (tertiary/aromatic N) is 3. The summed E-state index contributed by atoms with van der Waals surface area (Å²) in [5.74, 6) is -0.187. The number of hydrogen-bond donors (Lipinski definition) is 0. The van der Waals surface area contributed by atoms with Crippen molar-refractivity contribution in [2.45, 2.75) is 6.61 Å². The molecule has 2 aromatic heterocycles. The van der Waals surface area contributed by atoms with Crippen molar-refractivity contribution >= 4 is 17.4 Å². The zero-order valence-electron chi connectivity index (χ0n) is 9.12. The van der Waals surface area contributed by atoms with E-state index in [-0.39, 0.29) is 18.2 Å². The minimum absolute atomic E-state index is 0.121. The number of pyridine rings is 2. The molecule has 92 valence electrons. The highest BCUT2D eigenvalue weighted by atomic mass is 35.5. The summed E-state index contributed by atoms with van der Waals surface area (Å²) >= 11 is 5.72. The largest absolute Gasteiger partial charge is 0.481 e. The van der Waals surface area contributed by atoms with Crippen molar-refractivity contribution in [1.82, 2.24) is 9.97 Å². The maximum atomic E-state index is 10.7. The van der Waals surface area contributed by atoms with Crippen molar-refractivity contribution in [2.75, 3.05) is 0 Å². The zero-order valence-corrected chi connectivity index (χ0v) is 9.87. The summed E-state index contributed by atoms with van der Waals surface area (Å²) < 4.78 is 5.35. The first-order chi connectivity index (χ1) is 8.66. The second-order valence-corrected chi connectivity index (χ2v) is 3.74. The first kappa shape index (κ1) is 12.3. The van der Waals surface area contributed by atoms with Crippen molar-refractivity contribution in [3.05, 3.63) is 57.5 Å². The average Bonchev–Trinajstić information content (AvgIpc) is 2.37. The number of rotatable bonds is 4. The van der Waals surface area contributed by atoms with E-state index in [1.54, 1.807) is 24.4 Å². The van der Waals surface area contributed by atoms with E-state index in [1.165, 1.54) is 12.3 Å². The van der Waals surface area contributed by atoms with Gasteiger partial charge in [-0.1, -0.05) is 11.6 Å². The van der Waals surface area contributed by atoms with Gasteiger partial charge in [0, 0.05) is 6.20 Å². The smallest absolute Gasteiger partial charge is 0.406 e. The van der Waals surface area contributed by atoms with Gasteiger partial charge in [0.1, 0.15) is 18.0 Å². The Morgan fingerprint density at radius 1 is 1.33 bits per heavy atom. The molecule has 0 bridgehead atoms. The molecular weight excluding hydrogens is 258 g/mol. The van der Waals surface area contributed by atoms with E-state index in [0.29, 0.717) is 5.15 Å². The molecule has 2 heterocycles. The lowest BCUT2D eigenvalue weighted by atomic mass is 10.3. The van der Waals surface area contributed by atoms with Gasteiger partial charge in [-0.15, -0.1) is 0 Å². The Kier molecular flexibility index (Phi) is 3.69. The maximum Gasteiger partial charge on any atom is 0.406 e. The molecule has 0 amide bonds. The van der Waals surface area contributed by atoms with Crippen LogP contribution in [0.4, 0.5) is 5.82 Å². The monoisotopic (exact) mass is 265 g/mol. The van der Waals surface area contributed by atoms with Crippen molar-refractivity contribution in [3.8, 4) is 5.75 Å². The van der Waals surface area contributed by atoms with E-state index in [2.05, 4.69) is 9.97 Å². The van der Waals surface area contributed by atoms with Gasteiger partial charge in [0.05, 0.1) is 0 Å². The molecule has 7 heteroatoms. The SMILES string of the molecule is O=[N+]([O-])c1ncccc1OCc1ccnc(Cl)c1. The van der Waals surface area contributed by atoms with Crippen LogP contribution in [0.25, 0.3) is 0 Å². The molecule has 0 atom stereocenters. The number of hydrogen-bond acceptors (Lipinski definition) is 5. The highest BCUT2D eigenvalue weighted by Gasteiger charge is 2.15. The van der Waals surface area contributed by atoms with E-state index in [4.69, 9.17) is 16.3 Å². The fourth-order valence-electron chi connectivity index (χ4n) is 1.33. The van der Waals surface area contributed by atoms with Crippen LogP contribution in [0.3, 0.4) is 0 Å². The normalized spacial score (nSPS) is 10.1. The standard InChI is InChI=1S/C11H8ClN3O3/c12-10-6-8(3-5-13-10)7-18-9-2-1-4-14-11(9)15(16)17/h1-6H,7H2. The summed E-state index contributed by atoms with van der Waals surface area (Å²) in [7, 11) is 0. The van der Waals surface area contributed by atoms with Crippen LogP contribution in [0.2, 0.25) is 5.15 Å². The van der Waals surface area contributed by atoms with Crippen LogP contribution in [0.15, 0.2) is 36.7 Å². The minimum Gasteiger partial charge on any atom is -0.481 e. The maximum absolute atomic E-state index is 10.7. The Labute approximate surface area is 107 Å². The summed E-state index contributed by atoms with van der Waals surface area (Å²) in [6.45, 7) is 0.161. The predicted molar refractivity (Wildman–Crippen MR) is 64.5 cm³/mol. The lowest BCUT2D eigenvalue weighted by Gasteiger charge is -2.05. The molecule has 0 fully saturated rings. The van der Waals surface area contributed by atoms with Gasteiger partial charge in [-0.2, -0.15) is 0 Å². The second kappa shape index (κ2) is 5.42. The molecule has 0 aliphatic carbocycles. The third kappa shape index (κ3) is 2.92. The Morgan fingerprint density at radius 3 is 2.89 bits per heavy atom. The Hall–Kier alpha value is -2.21. The van der Waals surface area contributed by atoms with Crippen LogP contribution in [-0.2, 0) is 6.61 Å². The third-order valence-corrected chi connectivity index (χ3v) is 2.32. The first-order valence-corrected chi connectivity index (χ1v) is 5.37. The van der Waals surface area contributed by atoms with E-state index in [1.807, 2.05) is 0 Å². The zero-order chi connectivity index (χ0) is 13.0. The summed E-state index contributed by atoms with van der Waals surface area (Å²) in [5, 5.41) is 11.1. The number of aromatic nitrogens is 2. The molecule has 0 radical (unpaired) electrons. The molecule has 0 N–H and O–H groups in total. The van der Waals surface area contributed by atoms with Crippen molar-refractivity contribution in [2.24, 2.45) is 0 Å². The highest BCUT2D eigenvalue weighted by Crippen LogP contribution is 2.24. The summed E-state index contributed by atoms with van der Waals surface area (Å²) in [5.41, 5.74) is 0.771. The highest BCUT2D eigenvalue weighted by molar-refractivity contribution is 6.29. The van der Waals surface area contributed by atoms with Crippen molar-refractivity contribution < 1.29 is 9.66 Å². The second-order valence-electron chi connectivity index (χ2n) is 3.36. The number of halogens is 1. The van der Waals surface area contributed by atoms with E-state index in [0.717, 1.165) is 5.56 Å². The van der Waals surface area contributed by atoms with Gasteiger partial charge in [-0.05, 0) is 39.7 Å². The molecule has 18 heavy (non-hydrogen) atoms. The van der Waals surface area contributed by atoms with E-state index in [9.17, 15) is 10.1 Å². The molecule has 0 spiro atoms. The number of ether oxygens (including phenoxy) is 1. The van der Waals surface area contributed by atoms with Crippen LogP contribution in [-0.4, -0.2) is 14.9 Å². The Bertz CT molecular complexity index is 577. The van der Waals surface area contributed by atoms with Gasteiger partial charge in [-0.3, -0.25) is 0 Å². The molecule has 2 aromatic rings. The fraction of sp³-hybridized carbons (Fsp3) is 0.0909. The summed E-state index contributed by atoms with van der Waals surface area (Å²) in [6.07, 6.45) is 2.88. The van der Waals surface area contributed by atoms with Crippen molar-refractivity contribution in [3.63, 3.8) is 0 Å². The van der Waals surface area contributed by atoms with Crippen LogP contribution >= 0.6 is 11.6 Å². The van der Waals surface area contributed by atoms with Gasteiger partial charge in [0.15, 0.2) is 0 Å². The first-order valence-electron chi connectivity index (χ1n) is 4.99. The van der Waals surface area contributed by atoms with Crippen LogP contribution in [0, 0.1) is 10.1 Å². The summed E-state index contributed by atoms with van der Waals surface area (Å²) in [4.78, 5) is 17.6. The predicted octanol–water partition coefficient (Wildman–Crippen LogP) is 2.62. The van der Waals surface area contributed by atoms with Crippen LogP contribution in [0.1, 0.15) is 5.56 Å². The molecule has 0 saturated carbocycles. The van der Waals surface area contributed by atoms with Gasteiger partial charge in [0.2, 0.25) is 5.75 Å². The van der Waals surface area contributed by atoms with Gasteiger partial charge < -0.3 is 14.9 Å². The summed E-state index contributed by atoms with van der Waals surface area (Å²) in [6, 6.07) is 6.41. The molecule has 6 nitrogen and oxygen atoms in total. The molecular formula is C11H8ClN3O3. The van der Waals surface area contributed by atoms with Gasteiger partial charge in [-0.25, -0.2) is 4.98 Å². The van der Waals surface area contributed by atoms with Gasteiger partial charge >= 0.3 is 5.82 Å². The average molecular weight is 266 g/mol. The van der Waals surface area contributed by atoms with Gasteiger partial charge in [0.25, 0.3) is 0 Å². The Morgan fingerprint density at radius 2 is 2.17 bits per heavy atom. The lowest BCUT2D eigenvalue weighted by molar-refractivity contribution is -0.390. The van der Waals surface area contributed by atoms with Crippen LogP contribution < -0.4 is 4.74 Å². The molecule has 0 aliphatic rings. The third-order valence-electron chi connectivity index (χ3n) is 2.11. The Balaban J connectivity index is 2.13. The quantitative estimate of drug-likeness (QED) is 0.482. The topological polar surface area (TPSA) is 78.2 Å². The molecule has 0 aromatic carbocycles. The van der Waals surface area contributed by atoms with E-state index >= 15 is 0 Å². The van der Waals surface area contributed by atoms with Crippen LogP contribution in [0.5, 0.6) is 5.75 Å². The molecule has 0 unspecified atom stereocenters.